The first kappa shape index (κ1) is 14.7. The average Bonchev–Trinajstić information content (AvgIpc) is 3.16. The summed E-state index contributed by atoms with van der Waals surface area (Å²) in [6.07, 6.45) is 2.21. The van der Waals surface area contributed by atoms with Crippen molar-refractivity contribution >= 4 is 29.0 Å². The van der Waals surface area contributed by atoms with E-state index in [4.69, 9.17) is 0 Å². The van der Waals surface area contributed by atoms with Gasteiger partial charge in [-0.25, -0.2) is 0 Å². The smallest absolute Gasteiger partial charge is 0.233 e. The minimum atomic E-state index is 0.261. The van der Waals surface area contributed by atoms with Crippen LogP contribution in [-0.4, -0.2) is 23.1 Å². The number of thiophene rings is 1. The SMILES string of the molecule is Cc1ccc(SCC(=O)N2CCCC2c2cccs2)cc1. The molecule has 1 aliphatic rings. The van der Waals surface area contributed by atoms with Crippen molar-refractivity contribution in [3.05, 3.63) is 52.2 Å². The maximum Gasteiger partial charge on any atom is 0.233 e. The van der Waals surface area contributed by atoms with E-state index in [9.17, 15) is 4.79 Å². The van der Waals surface area contributed by atoms with Crippen molar-refractivity contribution in [2.75, 3.05) is 12.3 Å². The molecule has 2 nitrogen and oxygen atoms in total. The lowest BCUT2D eigenvalue weighted by Gasteiger charge is -2.23. The first-order valence-corrected chi connectivity index (χ1v) is 9.13. The van der Waals surface area contributed by atoms with Crippen molar-refractivity contribution in [1.29, 1.82) is 0 Å². The number of likely N-dealkylation sites (tertiary alicyclic amines) is 1. The van der Waals surface area contributed by atoms with Crippen LogP contribution in [0.25, 0.3) is 0 Å². The van der Waals surface area contributed by atoms with Crippen molar-refractivity contribution in [1.82, 2.24) is 4.90 Å². The minimum Gasteiger partial charge on any atom is -0.334 e. The normalized spacial score (nSPS) is 18.1. The van der Waals surface area contributed by atoms with Gasteiger partial charge >= 0.3 is 0 Å². The summed E-state index contributed by atoms with van der Waals surface area (Å²) in [5.74, 6) is 0.793. The van der Waals surface area contributed by atoms with Gasteiger partial charge in [-0.2, -0.15) is 0 Å². The van der Waals surface area contributed by atoms with Gasteiger partial charge in [-0.3, -0.25) is 4.79 Å². The molecule has 0 radical (unpaired) electrons. The molecule has 1 aromatic heterocycles. The van der Waals surface area contributed by atoms with Gasteiger partial charge in [-0.05, 0) is 43.3 Å². The summed E-state index contributed by atoms with van der Waals surface area (Å²) >= 11 is 3.39. The van der Waals surface area contributed by atoms with Crippen LogP contribution < -0.4 is 0 Å². The molecule has 0 N–H and O–H groups in total. The van der Waals surface area contributed by atoms with Crippen molar-refractivity contribution < 1.29 is 4.79 Å². The van der Waals surface area contributed by atoms with Crippen LogP contribution in [0.5, 0.6) is 0 Å². The van der Waals surface area contributed by atoms with E-state index < -0.39 is 0 Å². The monoisotopic (exact) mass is 317 g/mol. The summed E-state index contributed by atoms with van der Waals surface area (Å²) in [5, 5.41) is 2.09. The molecule has 1 aliphatic heterocycles. The summed E-state index contributed by atoms with van der Waals surface area (Å²) in [7, 11) is 0. The van der Waals surface area contributed by atoms with E-state index in [1.807, 2.05) is 0 Å². The number of hydrogen-bond donors (Lipinski definition) is 0. The summed E-state index contributed by atoms with van der Waals surface area (Å²) in [5.41, 5.74) is 1.25. The zero-order valence-electron chi connectivity index (χ0n) is 12.1. The zero-order chi connectivity index (χ0) is 14.7. The highest BCUT2D eigenvalue weighted by molar-refractivity contribution is 8.00. The van der Waals surface area contributed by atoms with Crippen LogP contribution in [0.3, 0.4) is 0 Å². The van der Waals surface area contributed by atoms with Gasteiger partial charge in [0.05, 0.1) is 11.8 Å². The Morgan fingerprint density at radius 1 is 1.33 bits per heavy atom. The summed E-state index contributed by atoms with van der Waals surface area (Å²) < 4.78 is 0. The Morgan fingerprint density at radius 2 is 2.14 bits per heavy atom. The summed E-state index contributed by atoms with van der Waals surface area (Å²) in [6, 6.07) is 12.9. The van der Waals surface area contributed by atoms with Gasteiger partial charge in [0.15, 0.2) is 0 Å². The molecule has 1 aromatic carbocycles. The van der Waals surface area contributed by atoms with Crippen LogP contribution in [-0.2, 0) is 4.79 Å². The third-order valence-electron chi connectivity index (χ3n) is 3.83. The second-order valence-corrected chi connectivity index (χ2v) is 7.39. The minimum absolute atomic E-state index is 0.261. The van der Waals surface area contributed by atoms with E-state index in [2.05, 4.69) is 53.6 Å². The molecule has 0 spiro atoms. The fraction of sp³-hybridized carbons (Fsp3) is 0.353. The van der Waals surface area contributed by atoms with Crippen LogP contribution in [0.4, 0.5) is 0 Å². The molecular formula is C17H19NOS2. The summed E-state index contributed by atoms with van der Waals surface area (Å²) in [6.45, 7) is 2.98. The topological polar surface area (TPSA) is 20.3 Å². The van der Waals surface area contributed by atoms with E-state index in [1.54, 1.807) is 23.1 Å². The Kier molecular flexibility index (Phi) is 4.66. The van der Waals surface area contributed by atoms with Crippen molar-refractivity contribution in [2.24, 2.45) is 0 Å². The molecule has 1 fully saturated rings. The van der Waals surface area contributed by atoms with Crippen LogP contribution in [0.15, 0.2) is 46.7 Å². The first-order valence-electron chi connectivity index (χ1n) is 7.26. The number of rotatable bonds is 4. The Bertz CT molecular complexity index is 592. The van der Waals surface area contributed by atoms with Gasteiger partial charge in [0, 0.05) is 16.3 Å². The highest BCUT2D eigenvalue weighted by atomic mass is 32.2. The molecule has 21 heavy (non-hydrogen) atoms. The molecule has 4 heteroatoms. The average molecular weight is 317 g/mol. The fourth-order valence-corrected chi connectivity index (χ4v) is 4.36. The number of carbonyl (C=O) groups excluding carboxylic acids is 1. The molecule has 0 bridgehead atoms. The van der Waals surface area contributed by atoms with Gasteiger partial charge in [0.1, 0.15) is 0 Å². The van der Waals surface area contributed by atoms with Crippen molar-refractivity contribution in [2.45, 2.75) is 30.7 Å². The Labute approximate surface area is 134 Å². The number of nitrogens with zero attached hydrogens (tertiary/aromatic N) is 1. The molecule has 1 unspecified atom stereocenters. The number of thioether (sulfide) groups is 1. The second-order valence-electron chi connectivity index (χ2n) is 5.36. The Morgan fingerprint density at radius 3 is 2.86 bits per heavy atom. The van der Waals surface area contributed by atoms with E-state index in [1.165, 1.54) is 15.3 Å². The first-order chi connectivity index (χ1) is 10.2. The number of carbonyl (C=O) groups is 1. The molecule has 110 valence electrons. The predicted molar refractivity (Wildman–Crippen MR) is 89.9 cm³/mol. The lowest BCUT2D eigenvalue weighted by Crippen LogP contribution is -2.31. The van der Waals surface area contributed by atoms with E-state index in [0.717, 1.165) is 19.4 Å². The van der Waals surface area contributed by atoms with Gasteiger partial charge < -0.3 is 4.90 Å². The van der Waals surface area contributed by atoms with Crippen LogP contribution in [0.2, 0.25) is 0 Å². The summed E-state index contributed by atoms with van der Waals surface area (Å²) in [4.78, 5) is 17.1. The molecule has 1 saturated heterocycles. The number of amides is 1. The molecule has 1 amide bonds. The third kappa shape index (κ3) is 3.50. The highest BCUT2D eigenvalue weighted by Crippen LogP contribution is 2.35. The molecule has 3 rings (SSSR count). The van der Waals surface area contributed by atoms with Crippen molar-refractivity contribution in [3.63, 3.8) is 0 Å². The number of benzene rings is 1. The van der Waals surface area contributed by atoms with Gasteiger partial charge in [0.2, 0.25) is 5.91 Å². The Balaban J connectivity index is 1.61. The predicted octanol–water partition coefficient (Wildman–Crippen LogP) is 4.51. The van der Waals surface area contributed by atoms with Crippen LogP contribution in [0.1, 0.15) is 29.3 Å². The fourth-order valence-electron chi connectivity index (χ4n) is 2.70. The van der Waals surface area contributed by atoms with Gasteiger partial charge in [-0.15, -0.1) is 23.1 Å². The van der Waals surface area contributed by atoms with Crippen LogP contribution >= 0.6 is 23.1 Å². The Hall–Kier alpha value is -1.26. The second kappa shape index (κ2) is 6.67. The highest BCUT2D eigenvalue weighted by Gasteiger charge is 2.30. The zero-order valence-corrected chi connectivity index (χ0v) is 13.8. The van der Waals surface area contributed by atoms with Crippen LogP contribution in [0, 0.1) is 6.92 Å². The molecule has 2 heterocycles. The van der Waals surface area contributed by atoms with E-state index in [0.29, 0.717) is 11.8 Å². The van der Waals surface area contributed by atoms with E-state index >= 15 is 0 Å². The lowest BCUT2D eigenvalue weighted by molar-refractivity contribution is -0.129. The maximum absolute atomic E-state index is 12.5. The lowest BCUT2D eigenvalue weighted by atomic mass is 10.2. The molecule has 0 saturated carbocycles. The molecule has 0 aliphatic carbocycles. The molecule has 1 atom stereocenters. The number of hydrogen-bond acceptors (Lipinski definition) is 3. The standard InChI is InChI=1S/C17H19NOS2/c1-13-6-8-14(9-7-13)21-12-17(19)18-10-2-4-15(18)16-5-3-11-20-16/h3,5-9,11,15H,2,4,10,12H2,1H3. The van der Waals surface area contributed by atoms with Gasteiger partial charge in [-0.1, -0.05) is 23.8 Å². The molecule has 2 aromatic rings. The van der Waals surface area contributed by atoms with Crippen molar-refractivity contribution in [3.8, 4) is 0 Å². The quantitative estimate of drug-likeness (QED) is 0.773. The number of aryl methyl sites for hydroxylation is 1. The van der Waals surface area contributed by atoms with E-state index in [-0.39, 0.29) is 5.91 Å². The molecular weight excluding hydrogens is 298 g/mol. The largest absolute Gasteiger partial charge is 0.334 e. The maximum atomic E-state index is 12.5. The third-order valence-corrected chi connectivity index (χ3v) is 5.80. The van der Waals surface area contributed by atoms with Gasteiger partial charge in [0.25, 0.3) is 0 Å².